The van der Waals surface area contributed by atoms with Crippen LogP contribution in [0.15, 0.2) is 42.9 Å². The molecule has 4 heterocycles. The van der Waals surface area contributed by atoms with Crippen LogP contribution in [0.5, 0.6) is 0 Å². The second kappa shape index (κ2) is 8.54. The lowest BCUT2D eigenvalue weighted by molar-refractivity contribution is -0.137. The van der Waals surface area contributed by atoms with Gasteiger partial charge in [-0.25, -0.2) is 9.97 Å². The number of hydrogen-bond acceptors (Lipinski definition) is 6. The van der Waals surface area contributed by atoms with Crippen LogP contribution >= 0.6 is 0 Å². The van der Waals surface area contributed by atoms with Crippen LogP contribution in [0.3, 0.4) is 0 Å². The van der Waals surface area contributed by atoms with Gasteiger partial charge in [0.2, 0.25) is 0 Å². The number of hydrogen-bond donors (Lipinski definition) is 2. The number of aromatic amines is 1. The molecular formula is C21H24F3N7. The van der Waals surface area contributed by atoms with Crippen LogP contribution in [-0.2, 0) is 12.7 Å². The minimum atomic E-state index is -4.37. The first-order chi connectivity index (χ1) is 14.8. The van der Waals surface area contributed by atoms with Gasteiger partial charge in [-0.1, -0.05) is 0 Å². The predicted octanol–water partition coefficient (Wildman–Crippen LogP) is 3.64. The van der Waals surface area contributed by atoms with E-state index in [0.29, 0.717) is 12.4 Å². The van der Waals surface area contributed by atoms with Crippen molar-refractivity contribution in [3.8, 4) is 11.3 Å². The van der Waals surface area contributed by atoms with Crippen molar-refractivity contribution in [3.05, 3.63) is 54.0 Å². The summed E-state index contributed by atoms with van der Waals surface area (Å²) in [6.07, 6.45) is 0.221. The molecule has 1 atom stereocenters. The predicted molar refractivity (Wildman–Crippen MR) is 113 cm³/mol. The summed E-state index contributed by atoms with van der Waals surface area (Å²) in [5.41, 5.74) is 2.16. The monoisotopic (exact) mass is 431 g/mol. The van der Waals surface area contributed by atoms with Crippen LogP contribution in [0.4, 0.5) is 24.8 Å². The smallest absolute Gasteiger partial charge is 0.373 e. The maximum Gasteiger partial charge on any atom is 0.417 e. The molecule has 1 saturated heterocycles. The van der Waals surface area contributed by atoms with Crippen molar-refractivity contribution in [2.75, 3.05) is 36.9 Å². The minimum absolute atomic E-state index is 0.116. The summed E-state index contributed by atoms with van der Waals surface area (Å²) in [6.45, 7) is 5.00. The van der Waals surface area contributed by atoms with Crippen molar-refractivity contribution in [3.63, 3.8) is 0 Å². The molecule has 10 heteroatoms. The van der Waals surface area contributed by atoms with E-state index in [-0.39, 0.29) is 6.04 Å². The van der Waals surface area contributed by atoms with Gasteiger partial charge in [-0.2, -0.15) is 18.3 Å². The van der Waals surface area contributed by atoms with E-state index < -0.39 is 11.7 Å². The Bertz CT molecular complexity index is 999. The number of pyridine rings is 2. The van der Waals surface area contributed by atoms with E-state index in [4.69, 9.17) is 0 Å². The maximum absolute atomic E-state index is 12.8. The Morgan fingerprint density at radius 3 is 2.58 bits per heavy atom. The second-order valence-electron chi connectivity index (χ2n) is 7.62. The number of aromatic nitrogens is 4. The molecule has 0 aromatic carbocycles. The molecule has 0 spiro atoms. The van der Waals surface area contributed by atoms with Crippen molar-refractivity contribution < 1.29 is 13.2 Å². The third-order valence-corrected chi connectivity index (χ3v) is 5.49. The summed E-state index contributed by atoms with van der Waals surface area (Å²) in [7, 11) is 1.82. The van der Waals surface area contributed by atoms with Crippen molar-refractivity contribution in [1.29, 1.82) is 0 Å². The summed E-state index contributed by atoms with van der Waals surface area (Å²) in [5.74, 6) is 1.36. The Morgan fingerprint density at radius 2 is 1.97 bits per heavy atom. The first-order valence-electron chi connectivity index (χ1n) is 10.0. The van der Waals surface area contributed by atoms with Crippen molar-refractivity contribution in [1.82, 2.24) is 25.1 Å². The lowest BCUT2D eigenvalue weighted by atomic mass is 10.1. The molecule has 1 aliphatic rings. The Hall–Kier alpha value is -3.14. The molecule has 0 radical (unpaired) electrons. The molecule has 0 amide bonds. The third kappa shape index (κ3) is 4.63. The Labute approximate surface area is 178 Å². The molecule has 0 unspecified atom stereocenters. The first kappa shape index (κ1) is 21.1. The van der Waals surface area contributed by atoms with Gasteiger partial charge in [-0.05, 0) is 31.2 Å². The topological polar surface area (TPSA) is 73.0 Å². The number of halogens is 3. The quantitative estimate of drug-likeness (QED) is 0.643. The van der Waals surface area contributed by atoms with Crippen LogP contribution in [-0.4, -0.2) is 57.8 Å². The standard InChI is InChI=1S/C21H24F3N7/c1-14-12-30(7-8-31(14)19-6-4-17(11-27-19)21(22,23)24)13-16-10-28-29-20(16)15-3-5-18(25-2)26-9-15/h3-6,9-11,14H,7-8,12-13H2,1-2H3,(H,25,26)(H,28,29)/t14-/m1/s1. The normalized spacial score (nSPS) is 17.7. The molecule has 1 aliphatic heterocycles. The van der Waals surface area contributed by atoms with Gasteiger partial charge in [-0.15, -0.1) is 0 Å². The van der Waals surface area contributed by atoms with Crippen molar-refractivity contribution in [2.24, 2.45) is 0 Å². The summed E-state index contributed by atoms with van der Waals surface area (Å²) >= 11 is 0. The van der Waals surface area contributed by atoms with E-state index in [1.54, 1.807) is 6.20 Å². The molecule has 0 saturated carbocycles. The molecule has 2 N–H and O–H groups in total. The van der Waals surface area contributed by atoms with Gasteiger partial charge in [0.25, 0.3) is 0 Å². The zero-order chi connectivity index (χ0) is 22.0. The van der Waals surface area contributed by atoms with E-state index in [9.17, 15) is 13.2 Å². The molecule has 3 aromatic rings. The number of rotatable bonds is 5. The summed E-state index contributed by atoms with van der Waals surface area (Å²) in [4.78, 5) is 12.8. The second-order valence-corrected chi connectivity index (χ2v) is 7.62. The van der Waals surface area contributed by atoms with E-state index in [2.05, 4.69) is 37.3 Å². The van der Waals surface area contributed by atoms with Gasteiger partial charge in [0, 0.05) is 69.0 Å². The fraction of sp³-hybridized carbons (Fsp3) is 0.381. The van der Waals surface area contributed by atoms with Gasteiger partial charge < -0.3 is 10.2 Å². The highest BCUT2D eigenvalue weighted by Crippen LogP contribution is 2.30. The lowest BCUT2D eigenvalue weighted by Crippen LogP contribution is -2.51. The molecule has 31 heavy (non-hydrogen) atoms. The lowest BCUT2D eigenvalue weighted by Gasteiger charge is -2.40. The Balaban J connectivity index is 1.41. The minimum Gasteiger partial charge on any atom is -0.373 e. The van der Waals surface area contributed by atoms with E-state index in [1.165, 1.54) is 6.07 Å². The molecule has 4 rings (SSSR count). The van der Waals surface area contributed by atoms with Gasteiger partial charge in [-0.3, -0.25) is 10.00 Å². The molecule has 164 valence electrons. The SMILES string of the molecule is CNc1ccc(-c2n[nH]cc2CN2CCN(c3ccc(C(F)(F)F)cn3)[C@H](C)C2)cn1. The molecule has 3 aromatic heterocycles. The highest BCUT2D eigenvalue weighted by molar-refractivity contribution is 5.63. The highest BCUT2D eigenvalue weighted by Gasteiger charge is 2.31. The summed E-state index contributed by atoms with van der Waals surface area (Å²) < 4.78 is 38.4. The van der Waals surface area contributed by atoms with Gasteiger partial charge in [0.05, 0.1) is 11.3 Å². The van der Waals surface area contributed by atoms with Gasteiger partial charge in [0.15, 0.2) is 0 Å². The maximum atomic E-state index is 12.8. The van der Waals surface area contributed by atoms with Gasteiger partial charge in [0.1, 0.15) is 11.6 Å². The highest BCUT2D eigenvalue weighted by atomic mass is 19.4. The zero-order valence-corrected chi connectivity index (χ0v) is 17.3. The molecule has 1 fully saturated rings. The molecule has 0 bridgehead atoms. The van der Waals surface area contributed by atoms with Crippen molar-refractivity contribution >= 4 is 11.6 Å². The van der Waals surface area contributed by atoms with Crippen LogP contribution in [0, 0.1) is 0 Å². The third-order valence-electron chi connectivity index (χ3n) is 5.49. The fourth-order valence-corrected chi connectivity index (χ4v) is 3.85. The van der Waals surface area contributed by atoms with Crippen molar-refractivity contribution in [2.45, 2.75) is 25.7 Å². The number of alkyl halides is 3. The largest absolute Gasteiger partial charge is 0.417 e. The number of nitrogens with zero attached hydrogens (tertiary/aromatic N) is 5. The number of H-pyrrole nitrogens is 1. The van der Waals surface area contributed by atoms with Crippen LogP contribution in [0.2, 0.25) is 0 Å². The van der Waals surface area contributed by atoms with E-state index in [0.717, 1.165) is 54.5 Å². The van der Waals surface area contributed by atoms with Gasteiger partial charge >= 0.3 is 6.18 Å². The van der Waals surface area contributed by atoms with Crippen LogP contribution in [0.25, 0.3) is 11.3 Å². The summed E-state index contributed by atoms with van der Waals surface area (Å²) in [5, 5.41) is 10.3. The zero-order valence-electron chi connectivity index (χ0n) is 17.3. The average Bonchev–Trinajstić information content (AvgIpc) is 3.21. The number of anilines is 2. The first-order valence-corrected chi connectivity index (χ1v) is 10.0. The molecule has 0 aliphatic carbocycles. The molecular weight excluding hydrogens is 407 g/mol. The van der Waals surface area contributed by atoms with E-state index in [1.807, 2.05) is 30.3 Å². The van der Waals surface area contributed by atoms with Crippen LogP contribution < -0.4 is 10.2 Å². The Morgan fingerprint density at radius 1 is 1.13 bits per heavy atom. The molecule has 7 nitrogen and oxygen atoms in total. The summed E-state index contributed by atoms with van der Waals surface area (Å²) in [6, 6.07) is 6.54. The Kier molecular flexibility index (Phi) is 5.81. The average molecular weight is 431 g/mol. The fourth-order valence-electron chi connectivity index (χ4n) is 3.85. The number of nitrogens with one attached hydrogen (secondary N) is 2. The van der Waals surface area contributed by atoms with E-state index >= 15 is 0 Å². The van der Waals surface area contributed by atoms with Crippen LogP contribution in [0.1, 0.15) is 18.1 Å². The number of piperazine rings is 1.